The molecule has 1 aliphatic heterocycles. The molecule has 2 aromatic rings. The molecule has 0 saturated carbocycles. The maximum Gasteiger partial charge on any atom is 0.338 e. The molecule has 136 valence electrons. The number of aryl methyl sites for hydroxylation is 1. The number of esters is 1. The zero-order chi connectivity index (χ0) is 18.5. The zero-order valence-electron chi connectivity index (χ0n) is 14.3. The van der Waals surface area contributed by atoms with E-state index in [-0.39, 0.29) is 5.91 Å². The molecule has 3 rings (SSSR count). The number of likely N-dealkylation sites (tertiary alicyclic amines) is 1. The summed E-state index contributed by atoms with van der Waals surface area (Å²) < 4.78 is 5.02. The van der Waals surface area contributed by atoms with Gasteiger partial charge in [0.25, 0.3) is 5.91 Å². The predicted octanol–water partition coefficient (Wildman–Crippen LogP) is 3.05. The number of amides is 2. The van der Waals surface area contributed by atoms with E-state index < -0.39 is 18.5 Å². The minimum atomic E-state index is -0.573. The van der Waals surface area contributed by atoms with Crippen LogP contribution in [0.1, 0.15) is 33.9 Å². The molecule has 0 aliphatic carbocycles. The normalized spacial score (nSPS) is 13.9. The molecule has 1 aliphatic rings. The zero-order valence-corrected chi connectivity index (χ0v) is 15.9. The fraction of sp³-hybridized carbons (Fsp3) is 0.333. The summed E-state index contributed by atoms with van der Waals surface area (Å²) in [6, 6.07) is 7.02. The molecule has 1 saturated heterocycles. The van der Waals surface area contributed by atoms with Crippen molar-refractivity contribution in [3.05, 3.63) is 45.9 Å². The van der Waals surface area contributed by atoms with Crippen molar-refractivity contribution in [2.45, 2.75) is 30.4 Å². The number of carbonyl (C=O) groups is 3. The molecule has 0 bridgehead atoms. The van der Waals surface area contributed by atoms with Gasteiger partial charge in [-0.25, -0.2) is 9.78 Å². The van der Waals surface area contributed by atoms with Gasteiger partial charge in [-0.1, -0.05) is 0 Å². The summed E-state index contributed by atoms with van der Waals surface area (Å²) in [7, 11) is 0. The van der Waals surface area contributed by atoms with Crippen molar-refractivity contribution in [1.82, 2.24) is 9.88 Å². The molecule has 8 heteroatoms. The summed E-state index contributed by atoms with van der Waals surface area (Å²) in [5.74, 6) is -0.474. The molecule has 0 radical (unpaired) electrons. The van der Waals surface area contributed by atoms with Crippen LogP contribution in [-0.2, 0) is 20.1 Å². The Labute approximate surface area is 159 Å². The minimum absolute atomic E-state index is 0.206. The van der Waals surface area contributed by atoms with Crippen LogP contribution in [0.3, 0.4) is 0 Å². The molecule has 0 spiro atoms. The number of aromatic nitrogens is 1. The smallest absolute Gasteiger partial charge is 0.338 e. The van der Waals surface area contributed by atoms with Crippen molar-refractivity contribution in [3.63, 3.8) is 0 Å². The Morgan fingerprint density at radius 1 is 1.31 bits per heavy atom. The molecule has 1 aromatic carbocycles. The lowest BCUT2D eigenvalue weighted by atomic mass is 10.2. The van der Waals surface area contributed by atoms with Gasteiger partial charge in [-0.3, -0.25) is 14.5 Å². The summed E-state index contributed by atoms with van der Waals surface area (Å²) in [5, 5.41) is 3.08. The monoisotopic (exact) mass is 390 g/mol. The van der Waals surface area contributed by atoms with Crippen LogP contribution < -0.4 is 0 Å². The van der Waals surface area contributed by atoms with Gasteiger partial charge in [0.05, 0.1) is 16.3 Å². The fourth-order valence-electron chi connectivity index (χ4n) is 2.52. The second-order valence-electron chi connectivity index (χ2n) is 5.79. The predicted molar refractivity (Wildman–Crippen MR) is 99.1 cm³/mol. The van der Waals surface area contributed by atoms with Gasteiger partial charge in [-0.2, -0.15) is 0 Å². The number of hydrogen-bond acceptors (Lipinski definition) is 7. The molecule has 2 heterocycles. The Balaban J connectivity index is 1.48. The lowest BCUT2D eigenvalue weighted by molar-refractivity contribution is -0.143. The van der Waals surface area contributed by atoms with Crippen molar-refractivity contribution in [3.8, 4) is 0 Å². The lowest BCUT2D eigenvalue weighted by Crippen LogP contribution is -2.35. The molecule has 0 N–H and O–H groups in total. The number of hydrogen-bond donors (Lipinski definition) is 0. The van der Waals surface area contributed by atoms with Gasteiger partial charge in [0.1, 0.15) is 0 Å². The third kappa shape index (κ3) is 4.70. The second kappa shape index (κ2) is 8.46. The van der Waals surface area contributed by atoms with Gasteiger partial charge in [0, 0.05) is 29.0 Å². The Hall–Kier alpha value is -2.19. The van der Waals surface area contributed by atoms with Gasteiger partial charge in [-0.15, -0.1) is 23.1 Å². The van der Waals surface area contributed by atoms with Crippen LogP contribution in [0.5, 0.6) is 0 Å². The van der Waals surface area contributed by atoms with E-state index in [1.54, 1.807) is 35.2 Å². The first-order valence-electron chi connectivity index (χ1n) is 8.17. The van der Waals surface area contributed by atoms with E-state index in [0.717, 1.165) is 26.2 Å². The lowest BCUT2D eigenvalue weighted by Gasteiger charge is -2.13. The topological polar surface area (TPSA) is 76.6 Å². The van der Waals surface area contributed by atoms with E-state index in [1.807, 2.05) is 24.4 Å². The van der Waals surface area contributed by atoms with Crippen molar-refractivity contribution >= 4 is 40.9 Å². The summed E-state index contributed by atoms with van der Waals surface area (Å²) in [4.78, 5) is 42.0. The number of nitrogens with zero attached hydrogens (tertiary/aromatic N) is 2. The highest BCUT2D eigenvalue weighted by Crippen LogP contribution is 2.24. The number of carbonyl (C=O) groups excluding carboxylic acids is 3. The molecule has 26 heavy (non-hydrogen) atoms. The van der Waals surface area contributed by atoms with Crippen molar-refractivity contribution < 1.29 is 19.1 Å². The first-order chi connectivity index (χ1) is 12.5. The summed E-state index contributed by atoms with van der Waals surface area (Å²) in [6.45, 7) is 1.97. The van der Waals surface area contributed by atoms with Crippen LogP contribution in [0, 0.1) is 6.92 Å². The van der Waals surface area contributed by atoms with Crippen molar-refractivity contribution in [2.75, 3.05) is 13.2 Å². The molecule has 1 fully saturated rings. The average Bonchev–Trinajstić information content (AvgIpc) is 3.26. The van der Waals surface area contributed by atoms with Gasteiger partial charge in [0.2, 0.25) is 5.91 Å². The number of thioether (sulfide) groups is 1. The van der Waals surface area contributed by atoms with E-state index in [2.05, 4.69) is 4.98 Å². The molecular weight excluding hydrogens is 372 g/mol. The third-order valence-corrected chi connectivity index (χ3v) is 5.71. The summed E-state index contributed by atoms with van der Waals surface area (Å²) >= 11 is 3.26. The van der Waals surface area contributed by atoms with Crippen LogP contribution in [0.4, 0.5) is 0 Å². The Bertz CT molecular complexity index is 817. The summed E-state index contributed by atoms with van der Waals surface area (Å²) in [6.07, 6.45) is 1.04. The molecular formula is C18H18N2O4S2. The highest BCUT2D eigenvalue weighted by molar-refractivity contribution is 7.98. The summed E-state index contributed by atoms with van der Waals surface area (Å²) in [5.41, 5.74) is 1.41. The van der Waals surface area contributed by atoms with Gasteiger partial charge < -0.3 is 4.74 Å². The maximum absolute atomic E-state index is 12.0. The number of rotatable bonds is 6. The number of ether oxygens (including phenoxy) is 1. The number of thiazole rings is 1. The van der Waals surface area contributed by atoms with Crippen LogP contribution in [-0.4, -0.2) is 40.8 Å². The molecule has 0 atom stereocenters. The fourth-order valence-corrected chi connectivity index (χ4v) is 4.03. The average molecular weight is 390 g/mol. The minimum Gasteiger partial charge on any atom is -0.452 e. The Kier molecular flexibility index (Phi) is 6.05. The van der Waals surface area contributed by atoms with Crippen molar-refractivity contribution in [2.24, 2.45) is 0 Å². The standard InChI is InChI=1S/C18H18N2O4S2/c1-12-19-14(10-25-12)11-26-15-6-4-13(5-7-15)18(23)24-9-17(22)20-8-2-3-16(20)21/h4-7,10H,2-3,8-9,11H2,1H3. The second-order valence-corrected chi connectivity index (χ2v) is 7.90. The molecule has 2 amide bonds. The maximum atomic E-state index is 12.0. The molecule has 6 nitrogen and oxygen atoms in total. The Morgan fingerprint density at radius 2 is 2.08 bits per heavy atom. The van der Waals surface area contributed by atoms with E-state index in [9.17, 15) is 14.4 Å². The Morgan fingerprint density at radius 3 is 2.69 bits per heavy atom. The molecule has 0 unspecified atom stereocenters. The van der Waals surface area contributed by atoms with Crippen LogP contribution in [0.25, 0.3) is 0 Å². The van der Waals surface area contributed by atoms with E-state index in [4.69, 9.17) is 4.74 Å². The van der Waals surface area contributed by atoms with Crippen molar-refractivity contribution in [1.29, 1.82) is 0 Å². The highest BCUT2D eigenvalue weighted by Gasteiger charge is 2.27. The number of imide groups is 1. The molecule has 1 aromatic heterocycles. The quantitative estimate of drug-likeness (QED) is 0.557. The SMILES string of the molecule is Cc1nc(CSc2ccc(C(=O)OCC(=O)N3CCCC3=O)cc2)cs1. The third-order valence-electron chi connectivity index (χ3n) is 3.84. The van der Waals surface area contributed by atoms with E-state index >= 15 is 0 Å². The van der Waals surface area contributed by atoms with Gasteiger partial charge in [0.15, 0.2) is 6.61 Å². The first-order valence-corrected chi connectivity index (χ1v) is 10.0. The first kappa shape index (κ1) is 18.6. The van der Waals surface area contributed by atoms with Crippen LogP contribution >= 0.6 is 23.1 Å². The van der Waals surface area contributed by atoms with E-state index in [0.29, 0.717) is 24.9 Å². The largest absolute Gasteiger partial charge is 0.452 e. The van der Waals surface area contributed by atoms with Crippen LogP contribution in [0.15, 0.2) is 34.5 Å². The van der Waals surface area contributed by atoms with E-state index in [1.165, 1.54) is 0 Å². The highest BCUT2D eigenvalue weighted by atomic mass is 32.2. The van der Waals surface area contributed by atoms with Crippen LogP contribution in [0.2, 0.25) is 0 Å². The van der Waals surface area contributed by atoms with Gasteiger partial charge >= 0.3 is 5.97 Å². The van der Waals surface area contributed by atoms with Gasteiger partial charge in [-0.05, 0) is 37.6 Å². The number of benzene rings is 1.